The average Bonchev–Trinajstić information content (AvgIpc) is 2.89. The molecule has 0 aromatic heterocycles. The van der Waals surface area contributed by atoms with Gasteiger partial charge in [-0.3, -0.25) is 0 Å². The van der Waals surface area contributed by atoms with Crippen LogP contribution in [0.4, 0.5) is 0 Å². The van der Waals surface area contributed by atoms with E-state index in [1.54, 1.807) is 7.11 Å². The number of hydrogen-bond donors (Lipinski definition) is 1. The molecule has 0 unspecified atom stereocenters. The molecule has 1 aliphatic heterocycles. The van der Waals surface area contributed by atoms with E-state index in [1.807, 2.05) is 44.2 Å². The minimum absolute atomic E-state index is 0.0430. The third-order valence-electron chi connectivity index (χ3n) is 3.78. The molecule has 0 aliphatic carbocycles. The Hall–Kier alpha value is -0.980. The first kappa shape index (κ1) is 17.4. The second-order valence-electron chi connectivity index (χ2n) is 5.98. The Labute approximate surface area is 132 Å². The number of hydrogen-bond acceptors (Lipinski definition) is 5. The van der Waals surface area contributed by atoms with Gasteiger partial charge in [0.2, 0.25) is 0 Å². The van der Waals surface area contributed by atoms with Gasteiger partial charge in [0.1, 0.15) is 6.10 Å². The van der Waals surface area contributed by atoms with E-state index in [-0.39, 0.29) is 24.9 Å². The summed E-state index contributed by atoms with van der Waals surface area (Å²) in [5, 5.41) is 9.35. The maximum atomic E-state index is 9.35. The van der Waals surface area contributed by atoms with Crippen LogP contribution in [-0.4, -0.2) is 49.5 Å². The number of methoxy groups -OCH3 is 1. The summed E-state index contributed by atoms with van der Waals surface area (Å²) in [4.78, 5) is 0. The number of rotatable bonds is 8. The number of benzene rings is 1. The third kappa shape index (κ3) is 5.04. The molecule has 0 spiro atoms. The van der Waals surface area contributed by atoms with Crippen molar-refractivity contribution < 1.29 is 24.1 Å². The Morgan fingerprint density at radius 2 is 2.05 bits per heavy atom. The Morgan fingerprint density at radius 1 is 1.32 bits per heavy atom. The lowest BCUT2D eigenvalue weighted by molar-refractivity contribution is -0.162. The fourth-order valence-corrected chi connectivity index (χ4v) is 2.51. The molecule has 5 nitrogen and oxygen atoms in total. The predicted octanol–water partition coefficient (Wildman–Crippen LogP) is 2.12. The molecule has 0 saturated carbocycles. The zero-order valence-electron chi connectivity index (χ0n) is 13.5. The van der Waals surface area contributed by atoms with Gasteiger partial charge in [0.25, 0.3) is 0 Å². The molecule has 1 N–H and O–H groups in total. The number of ether oxygens (including phenoxy) is 4. The van der Waals surface area contributed by atoms with Crippen molar-refractivity contribution in [2.24, 2.45) is 0 Å². The van der Waals surface area contributed by atoms with Gasteiger partial charge < -0.3 is 24.1 Å². The van der Waals surface area contributed by atoms with Gasteiger partial charge in [-0.1, -0.05) is 30.3 Å². The second-order valence-corrected chi connectivity index (χ2v) is 5.98. The fourth-order valence-electron chi connectivity index (χ4n) is 2.51. The van der Waals surface area contributed by atoms with Crippen molar-refractivity contribution in [2.45, 2.75) is 51.0 Å². The smallest absolute Gasteiger partial charge is 0.163 e. The molecule has 3 atom stereocenters. The van der Waals surface area contributed by atoms with Crippen LogP contribution in [0.25, 0.3) is 0 Å². The van der Waals surface area contributed by atoms with Gasteiger partial charge in [0.15, 0.2) is 5.79 Å². The monoisotopic (exact) mass is 310 g/mol. The highest BCUT2D eigenvalue weighted by Crippen LogP contribution is 2.27. The maximum Gasteiger partial charge on any atom is 0.163 e. The molecule has 2 rings (SSSR count). The lowest BCUT2D eigenvalue weighted by Gasteiger charge is -2.27. The zero-order valence-corrected chi connectivity index (χ0v) is 13.5. The molecule has 1 saturated heterocycles. The quantitative estimate of drug-likeness (QED) is 0.797. The Morgan fingerprint density at radius 3 is 2.59 bits per heavy atom. The molecule has 0 amide bonds. The average molecular weight is 310 g/mol. The van der Waals surface area contributed by atoms with E-state index in [4.69, 9.17) is 18.9 Å². The molecular weight excluding hydrogens is 284 g/mol. The molecule has 0 radical (unpaired) electrons. The lowest BCUT2D eigenvalue weighted by atomic mass is 10.1. The SMILES string of the molecule is CO[C@@H](CO)C[C@H](OCc1ccccc1)[C@H]1COC(C)(C)O1. The molecule has 1 aromatic carbocycles. The van der Waals surface area contributed by atoms with E-state index >= 15 is 0 Å². The summed E-state index contributed by atoms with van der Waals surface area (Å²) in [6, 6.07) is 9.99. The van der Waals surface area contributed by atoms with Crippen LogP contribution in [0.1, 0.15) is 25.8 Å². The standard InChI is InChI=1S/C17H26O5/c1-17(2)21-12-16(22-17)15(9-14(10-18)19-3)20-11-13-7-5-4-6-8-13/h4-8,14-16,18H,9-12H2,1-3H3/t14-,15+,16-/m1/s1. The van der Waals surface area contributed by atoms with Crippen LogP contribution in [0.15, 0.2) is 30.3 Å². The van der Waals surface area contributed by atoms with E-state index in [1.165, 1.54) is 0 Å². The van der Waals surface area contributed by atoms with Crippen molar-refractivity contribution in [3.63, 3.8) is 0 Å². The molecule has 1 fully saturated rings. The number of aliphatic hydroxyl groups is 1. The van der Waals surface area contributed by atoms with Crippen LogP contribution in [0.3, 0.4) is 0 Å². The molecule has 22 heavy (non-hydrogen) atoms. The molecular formula is C17H26O5. The van der Waals surface area contributed by atoms with E-state index < -0.39 is 5.79 Å². The van der Waals surface area contributed by atoms with Crippen LogP contribution in [0.5, 0.6) is 0 Å². The maximum absolute atomic E-state index is 9.35. The first-order valence-electron chi connectivity index (χ1n) is 7.65. The molecule has 1 aromatic rings. The van der Waals surface area contributed by atoms with Crippen molar-refractivity contribution in [2.75, 3.05) is 20.3 Å². The summed E-state index contributed by atoms with van der Waals surface area (Å²) in [5.74, 6) is -0.596. The van der Waals surface area contributed by atoms with Gasteiger partial charge in [-0.15, -0.1) is 0 Å². The first-order chi connectivity index (χ1) is 10.5. The number of aliphatic hydroxyl groups excluding tert-OH is 1. The second kappa shape index (κ2) is 8.04. The zero-order chi connectivity index (χ0) is 16.0. The Kier molecular flexibility index (Phi) is 6.35. The fraction of sp³-hybridized carbons (Fsp3) is 0.647. The van der Waals surface area contributed by atoms with Crippen LogP contribution < -0.4 is 0 Å². The first-order valence-corrected chi connectivity index (χ1v) is 7.65. The molecule has 5 heteroatoms. The van der Waals surface area contributed by atoms with Crippen molar-refractivity contribution >= 4 is 0 Å². The highest BCUT2D eigenvalue weighted by molar-refractivity contribution is 5.13. The van der Waals surface area contributed by atoms with E-state index in [9.17, 15) is 5.11 Å². The van der Waals surface area contributed by atoms with Gasteiger partial charge in [-0.2, -0.15) is 0 Å². The van der Waals surface area contributed by atoms with Gasteiger partial charge in [0.05, 0.1) is 32.0 Å². The van der Waals surface area contributed by atoms with Gasteiger partial charge >= 0.3 is 0 Å². The minimum Gasteiger partial charge on any atom is -0.394 e. The summed E-state index contributed by atoms with van der Waals surface area (Å²) in [7, 11) is 1.59. The molecule has 1 aliphatic rings. The molecule has 124 valence electrons. The van der Waals surface area contributed by atoms with Crippen molar-refractivity contribution in [3.8, 4) is 0 Å². The lowest BCUT2D eigenvalue weighted by Crippen LogP contribution is -2.37. The van der Waals surface area contributed by atoms with Crippen molar-refractivity contribution in [3.05, 3.63) is 35.9 Å². The summed E-state index contributed by atoms with van der Waals surface area (Å²) >= 11 is 0. The summed E-state index contributed by atoms with van der Waals surface area (Å²) in [5.41, 5.74) is 1.10. The molecule has 1 heterocycles. The molecule has 0 bridgehead atoms. The summed E-state index contributed by atoms with van der Waals surface area (Å²) < 4.78 is 22.8. The third-order valence-corrected chi connectivity index (χ3v) is 3.78. The van der Waals surface area contributed by atoms with Crippen LogP contribution in [0.2, 0.25) is 0 Å². The highest BCUT2D eigenvalue weighted by atomic mass is 16.7. The topological polar surface area (TPSA) is 57.2 Å². The normalized spacial score (nSPS) is 23.4. The van der Waals surface area contributed by atoms with Crippen molar-refractivity contribution in [1.29, 1.82) is 0 Å². The Balaban J connectivity index is 1.98. The van der Waals surface area contributed by atoms with Crippen LogP contribution >= 0.6 is 0 Å². The summed E-state index contributed by atoms with van der Waals surface area (Å²) in [6.45, 7) is 4.71. The van der Waals surface area contributed by atoms with Gasteiger partial charge in [-0.25, -0.2) is 0 Å². The summed E-state index contributed by atoms with van der Waals surface area (Å²) in [6.07, 6.45) is -0.0701. The van der Waals surface area contributed by atoms with Crippen LogP contribution in [-0.2, 0) is 25.6 Å². The Bertz CT molecular complexity index is 430. The van der Waals surface area contributed by atoms with Gasteiger partial charge in [0, 0.05) is 13.5 Å². The highest BCUT2D eigenvalue weighted by Gasteiger charge is 2.38. The van der Waals surface area contributed by atoms with E-state index in [0.29, 0.717) is 19.6 Å². The van der Waals surface area contributed by atoms with Crippen LogP contribution in [0, 0.1) is 0 Å². The van der Waals surface area contributed by atoms with E-state index in [0.717, 1.165) is 5.56 Å². The van der Waals surface area contributed by atoms with Crippen molar-refractivity contribution in [1.82, 2.24) is 0 Å². The largest absolute Gasteiger partial charge is 0.394 e. The van der Waals surface area contributed by atoms with E-state index in [2.05, 4.69) is 0 Å². The van der Waals surface area contributed by atoms with Gasteiger partial charge in [-0.05, 0) is 19.4 Å². The minimum atomic E-state index is -0.596. The predicted molar refractivity (Wildman–Crippen MR) is 82.4 cm³/mol.